The van der Waals surface area contributed by atoms with E-state index < -0.39 is 0 Å². The summed E-state index contributed by atoms with van der Waals surface area (Å²) in [5, 5.41) is 8.40. The standard InChI is InChI=1S/C21H27N7O3/c1-4-28-20-18(24-25-28)19(22-14-23-20)26-9-11-27(12-10-26)21(29)15-7-8-16(30-5-2)17(13-15)31-6-3/h7-8,13-14H,4-6,9-12H2,1-3H3. The lowest BCUT2D eigenvalue weighted by Crippen LogP contribution is -2.49. The lowest BCUT2D eigenvalue weighted by molar-refractivity contribution is 0.0746. The highest BCUT2D eigenvalue weighted by Gasteiger charge is 2.26. The van der Waals surface area contributed by atoms with Crippen molar-refractivity contribution in [2.75, 3.05) is 44.3 Å². The maximum absolute atomic E-state index is 13.1. The summed E-state index contributed by atoms with van der Waals surface area (Å²) in [5.74, 6) is 1.99. The Bertz CT molecular complexity index is 1060. The first-order valence-corrected chi connectivity index (χ1v) is 10.6. The van der Waals surface area contributed by atoms with Crippen LogP contribution in [0.15, 0.2) is 24.5 Å². The Labute approximate surface area is 180 Å². The van der Waals surface area contributed by atoms with Crippen molar-refractivity contribution in [3.63, 3.8) is 0 Å². The zero-order chi connectivity index (χ0) is 21.8. The third kappa shape index (κ3) is 4.10. The third-order valence-corrected chi connectivity index (χ3v) is 5.24. The van der Waals surface area contributed by atoms with Crippen LogP contribution in [0, 0.1) is 0 Å². The van der Waals surface area contributed by atoms with Gasteiger partial charge in [-0.15, -0.1) is 5.10 Å². The molecule has 1 aromatic carbocycles. The monoisotopic (exact) mass is 425 g/mol. The highest BCUT2D eigenvalue weighted by atomic mass is 16.5. The van der Waals surface area contributed by atoms with Gasteiger partial charge in [0.25, 0.3) is 5.91 Å². The van der Waals surface area contributed by atoms with Crippen molar-refractivity contribution in [1.29, 1.82) is 0 Å². The van der Waals surface area contributed by atoms with Crippen LogP contribution in [0.25, 0.3) is 11.2 Å². The van der Waals surface area contributed by atoms with Crippen LogP contribution in [0.5, 0.6) is 11.5 Å². The Morgan fingerprint density at radius 1 is 1.00 bits per heavy atom. The van der Waals surface area contributed by atoms with Gasteiger partial charge in [-0.1, -0.05) is 5.21 Å². The second kappa shape index (κ2) is 9.15. The number of hydrogen-bond acceptors (Lipinski definition) is 8. The van der Waals surface area contributed by atoms with Crippen molar-refractivity contribution >= 4 is 22.9 Å². The maximum Gasteiger partial charge on any atom is 0.254 e. The van der Waals surface area contributed by atoms with E-state index in [1.807, 2.05) is 25.7 Å². The Morgan fingerprint density at radius 3 is 2.45 bits per heavy atom. The largest absolute Gasteiger partial charge is 0.490 e. The summed E-state index contributed by atoms with van der Waals surface area (Å²) < 4.78 is 13.0. The molecule has 164 valence electrons. The van der Waals surface area contributed by atoms with E-state index in [-0.39, 0.29) is 5.91 Å². The van der Waals surface area contributed by atoms with Gasteiger partial charge in [0.15, 0.2) is 28.5 Å². The number of amides is 1. The van der Waals surface area contributed by atoms with Crippen molar-refractivity contribution in [1.82, 2.24) is 29.9 Å². The van der Waals surface area contributed by atoms with Gasteiger partial charge in [-0.05, 0) is 39.0 Å². The quantitative estimate of drug-likeness (QED) is 0.567. The summed E-state index contributed by atoms with van der Waals surface area (Å²) >= 11 is 0. The smallest absolute Gasteiger partial charge is 0.254 e. The molecule has 0 N–H and O–H groups in total. The molecule has 0 spiro atoms. The highest BCUT2D eigenvalue weighted by molar-refractivity contribution is 5.95. The van der Waals surface area contributed by atoms with Gasteiger partial charge in [0, 0.05) is 38.3 Å². The van der Waals surface area contributed by atoms with Crippen LogP contribution in [0.1, 0.15) is 31.1 Å². The number of aromatic nitrogens is 5. The van der Waals surface area contributed by atoms with Crippen molar-refractivity contribution in [2.24, 2.45) is 0 Å². The molecular weight excluding hydrogens is 398 g/mol. The predicted molar refractivity (Wildman–Crippen MR) is 116 cm³/mol. The summed E-state index contributed by atoms with van der Waals surface area (Å²) in [6.07, 6.45) is 1.54. The zero-order valence-electron chi connectivity index (χ0n) is 18.1. The van der Waals surface area contributed by atoms with Crippen LogP contribution >= 0.6 is 0 Å². The number of aryl methyl sites for hydroxylation is 1. The molecule has 1 aliphatic rings. The van der Waals surface area contributed by atoms with Gasteiger partial charge in [-0.25, -0.2) is 14.6 Å². The number of piperazine rings is 1. The SMILES string of the molecule is CCOc1ccc(C(=O)N2CCN(c3ncnc4c3nnn4CC)CC2)cc1OCC. The van der Waals surface area contributed by atoms with Crippen molar-refractivity contribution in [2.45, 2.75) is 27.3 Å². The van der Waals surface area contributed by atoms with E-state index in [9.17, 15) is 4.79 Å². The molecule has 1 amide bonds. The molecule has 4 rings (SSSR count). The van der Waals surface area contributed by atoms with Crippen molar-refractivity contribution < 1.29 is 14.3 Å². The van der Waals surface area contributed by atoms with Crippen LogP contribution in [-0.4, -0.2) is 75.2 Å². The van der Waals surface area contributed by atoms with Crippen LogP contribution in [-0.2, 0) is 6.54 Å². The lowest BCUT2D eigenvalue weighted by Gasteiger charge is -2.35. The Hall–Kier alpha value is -3.43. The number of rotatable bonds is 7. The first-order valence-electron chi connectivity index (χ1n) is 10.6. The third-order valence-electron chi connectivity index (χ3n) is 5.24. The molecule has 10 heteroatoms. The molecule has 0 atom stereocenters. The lowest BCUT2D eigenvalue weighted by atomic mass is 10.1. The van der Waals surface area contributed by atoms with Crippen LogP contribution in [0.4, 0.5) is 5.82 Å². The number of hydrogen-bond donors (Lipinski definition) is 0. The number of anilines is 1. The summed E-state index contributed by atoms with van der Waals surface area (Å²) in [4.78, 5) is 25.8. The molecule has 0 radical (unpaired) electrons. The summed E-state index contributed by atoms with van der Waals surface area (Å²) in [6.45, 7) is 10.1. The Morgan fingerprint density at radius 2 is 1.74 bits per heavy atom. The van der Waals surface area contributed by atoms with Gasteiger partial charge >= 0.3 is 0 Å². The molecule has 0 bridgehead atoms. The first-order chi connectivity index (χ1) is 15.2. The van der Waals surface area contributed by atoms with E-state index in [1.54, 1.807) is 29.2 Å². The number of fused-ring (bicyclic) bond motifs is 1. The molecule has 10 nitrogen and oxygen atoms in total. The second-order valence-electron chi connectivity index (χ2n) is 7.08. The van der Waals surface area contributed by atoms with E-state index in [4.69, 9.17) is 9.47 Å². The van der Waals surface area contributed by atoms with Gasteiger partial charge in [-0.2, -0.15) is 0 Å². The van der Waals surface area contributed by atoms with E-state index in [2.05, 4.69) is 25.2 Å². The fourth-order valence-electron chi connectivity index (χ4n) is 3.71. The number of ether oxygens (including phenoxy) is 2. The number of benzene rings is 1. The molecule has 1 aliphatic heterocycles. The minimum Gasteiger partial charge on any atom is -0.490 e. The normalized spacial score (nSPS) is 14.2. The zero-order valence-corrected chi connectivity index (χ0v) is 18.1. The topological polar surface area (TPSA) is 98.5 Å². The molecule has 1 fully saturated rings. The molecule has 3 heterocycles. The van der Waals surface area contributed by atoms with Crippen molar-refractivity contribution in [3.05, 3.63) is 30.1 Å². The molecule has 31 heavy (non-hydrogen) atoms. The van der Waals surface area contributed by atoms with Crippen LogP contribution in [0.3, 0.4) is 0 Å². The fourth-order valence-corrected chi connectivity index (χ4v) is 3.71. The Balaban J connectivity index is 1.47. The molecule has 2 aromatic heterocycles. The summed E-state index contributed by atoms with van der Waals surface area (Å²) in [7, 11) is 0. The maximum atomic E-state index is 13.1. The van der Waals surface area contributed by atoms with E-state index in [0.717, 1.165) is 11.5 Å². The average Bonchev–Trinajstić information content (AvgIpc) is 3.23. The molecule has 0 aliphatic carbocycles. The van der Waals surface area contributed by atoms with Gasteiger partial charge in [0.1, 0.15) is 6.33 Å². The van der Waals surface area contributed by atoms with E-state index in [1.165, 1.54) is 0 Å². The molecule has 3 aromatic rings. The minimum atomic E-state index is -0.0200. The van der Waals surface area contributed by atoms with Gasteiger partial charge in [0.05, 0.1) is 13.2 Å². The first kappa shape index (κ1) is 20.8. The van der Waals surface area contributed by atoms with Gasteiger partial charge < -0.3 is 19.3 Å². The minimum absolute atomic E-state index is 0.0200. The molecular formula is C21H27N7O3. The number of carbonyl (C=O) groups is 1. The number of carbonyl (C=O) groups excluding carboxylic acids is 1. The number of nitrogens with zero attached hydrogens (tertiary/aromatic N) is 7. The van der Waals surface area contributed by atoms with Crippen LogP contribution < -0.4 is 14.4 Å². The molecule has 0 unspecified atom stereocenters. The predicted octanol–water partition coefficient (Wildman–Crippen LogP) is 2.00. The van der Waals surface area contributed by atoms with Gasteiger partial charge in [-0.3, -0.25) is 4.79 Å². The summed E-state index contributed by atoms with van der Waals surface area (Å²) in [5.41, 5.74) is 2.01. The van der Waals surface area contributed by atoms with Gasteiger partial charge in [0.2, 0.25) is 0 Å². The molecule has 0 saturated carbocycles. The highest BCUT2D eigenvalue weighted by Crippen LogP contribution is 2.29. The average molecular weight is 425 g/mol. The van der Waals surface area contributed by atoms with Crippen LogP contribution in [0.2, 0.25) is 0 Å². The van der Waals surface area contributed by atoms with E-state index in [0.29, 0.717) is 68.5 Å². The van der Waals surface area contributed by atoms with E-state index >= 15 is 0 Å². The van der Waals surface area contributed by atoms with Crippen molar-refractivity contribution in [3.8, 4) is 11.5 Å². The molecule has 1 saturated heterocycles. The second-order valence-corrected chi connectivity index (χ2v) is 7.08. The fraction of sp³-hybridized carbons (Fsp3) is 0.476. The summed E-state index contributed by atoms with van der Waals surface area (Å²) in [6, 6.07) is 5.35. The Kier molecular flexibility index (Phi) is 6.15.